The fourth-order valence-electron chi connectivity index (χ4n) is 2.73. The molecule has 1 N–H and O–H groups in total. The van der Waals surface area contributed by atoms with Crippen LogP contribution in [0.3, 0.4) is 0 Å². The third-order valence-corrected chi connectivity index (χ3v) is 4.20. The number of hydrogen-bond donors (Lipinski definition) is 1. The van der Waals surface area contributed by atoms with Crippen molar-refractivity contribution < 1.29 is 14.3 Å². The summed E-state index contributed by atoms with van der Waals surface area (Å²) in [5.41, 5.74) is -0.507. The van der Waals surface area contributed by atoms with Gasteiger partial charge in [0.15, 0.2) is 0 Å². The summed E-state index contributed by atoms with van der Waals surface area (Å²) in [6.45, 7) is 0. The smallest absolute Gasteiger partial charge is 0.309 e. The van der Waals surface area contributed by atoms with Gasteiger partial charge < -0.3 is 5.11 Å². The van der Waals surface area contributed by atoms with E-state index in [1.807, 2.05) is 0 Å². The van der Waals surface area contributed by atoms with Crippen LogP contribution in [0, 0.1) is 11.2 Å². The molecule has 2 nitrogen and oxygen atoms in total. The van der Waals surface area contributed by atoms with Crippen LogP contribution in [0.2, 0.25) is 5.02 Å². The van der Waals surface area contributed by atoms with E-state index in [1.54, 1.807) is 6.07 Å². The second-order valence-corrected chi connectivity index (χ2v) is 5.43. The van der Waals surface area contributed by atoms with Crippen molar-refractivity contribution in [3.8, 4) is 0 Å². The minimum Gasteiger partial charge on any atom is -0.481 e. The normalized spacial score (nSPS) is 18.6. The van der Waals surface area contributed by atoms with Gasteiger partial charge in [-0.2, -0.15) is 0 Å². The summed E-state index contributed by atoms with van der Waals surface area (Å²) < 4.78 is 13.8. The predicted octanol–water partition coefficient (Wildman–Crippen LogP) is 4.06. The SMILES string of the molecule is O=C(O)C1(Cc2c(F)cccc2Cl)CCCCC1. The first-order valence-electron chi connectivity index (χ1n) is 6.21. The van der Waals surface area contributed by atoms with E-state index in [-0.39, 0.29) is 6.42 Å². The van der Waals surface area contributed by atoms with Gasteiger partial charge in [-0.1, -0.05) is 36.9 Å². The molecule has 1 aliphatic rings. The Hall–Kier alpha value is -1.09. The number of carbonyl (C=O) groups is 1. The van der Waals surface area contributed by atoms with Gasteiger partial charge in [-0.05, 0) is 31.4 Å². The van der Waals surface area contributed by atoms with Crippen LogP contribution in [0.4, 0.5) is 4.39 Å². The monoisotopic (exact) mass is 270 g/mol. The Morgan fingerprint density at radius 2 is 2.00 bits per heavy atom. The zero-order chi connectivity index (χ0) is 13.2. The van der Waals surface area contributed by atoms with Gasteiger partial charge in [0.25, 0.3) is 0 Å². The average molecular weight is 271 g/mol. The maximum Gasteiger partial charge on any atom is 0.309 e. The van der Waals surface area contributed by atoms with Gasteiger partial charge in [-0.15, -0.1) is 0 Å². The minimum absolute atomic E-state index is 0.188. The largest absolute Gasteiger partial charge is 0.481 e. The van der Waals surface area contributed by atoms with E-state index in [2.05, 4.69) is 0 Å². The molecule has 1 aromatic rings. The summed E-state index contributed by atoms with van der Waals surface area (Å²) in [6, 6.07) is 4.48. The van der Waals surface area contributed by atoms with Crippen LogP contribution >= 0.6 is 11.6 Å². The molecule has 0 aliphatic heterocycles. The van der Waals surface area contributed by atoms with Crippen LogP contribution in [0.15, 0.2) is 18.2 Å². The number of hydrogen-bond acceptors (Lipinski definition) is 1. The number of aliphatic carboxylic acids is 1. The van der Waals surface area contributed by atoms with Crippen molar-refractivity contribution in [1.82, 2.24) is 0 Å². The van der Waals surface area contributed by atoms with Gasteiger partial charge in [0.1, 0.15) is 5.82 Å². The Morgan fingerprint density at radius 1 is 1.33 bits per heavy atom. The third-order valence-electron chi connectivity index (χ3n) is 3.84. The first-order valence-corrected chi connectivity index (χ1v) is 6.59. The summed E-state index contributed by atoms with van der Waals surface area (Å²) in [5, 5.41) is 9.79. The summed E-state index contributed by atoms with van der Waals surface area (Å²) in [6.07, 6.45) is 4.23. The Kier molecular flexibility index (Phi) is 3.91. The van der Waals surface area contributed by atoms with Crippen molar-refractivity contribution in [3.05, 3.63) is 34.6 Å². The Labute approximate surface area is 111 Å². The molecule has 4 heteroatoms. The van der Waals surface area contributed by atoms with E-state index >= 15 is 0 Å². The predicted molar refractivity (Wildman–Crippen MR) is 68.3 cm³/mol. The first-order chi connectivity index (χ1) is 8.55. The molecule has 0 atom stereocenters. The van der Waals surface area contributed by atoms with Crippen LogP contribution in [-0.2, 0) is 11.2 Å². The molecule has 98 valence electrons. The molecule has 18 heavy (non-hydrogen) atoms. The summed E-state index contributed by atoms with van der Waals surface area (Å²) >= 11 is 5.98. The van der Waals surface area contributed by atoms with E-state index in [4.69, 9.17) is 11.6 Å². The van der Waals surface area contributed by atoms with Crippen molar-refractivity contribution >= 4 is 17.6 Å². The van der Waals surface area contributed by atoms with Gasteiger partial charge >= 0.3 is 5.97 Å². The van der Waals surface area contributed by atoms with E-state index in [9.17, 15) is 14.3 Å². The Bertz CT molecular complexity index is 433. The van der Waals surface area contributed by atoms with Crippen molar-refractivity contribution in [3.63, 3.8) is 0 Å². The Morgan fingerprint density at radius 3 is 2.56 bits per heavy atom. The van der Waals surface area contributed by atoms with Gasteiger partial charge in [-0.25, -0.2) is 4.39 Å². The van der Waals surface area contributed by atoms with Crippen LogP contribution < -0.4 is 0 Å². The molecule has 0 saturated heterocycles. The minimum atomic E-state index is -0.843. The first kappa shape index (κ1) is 13.3. The van der Waals surface area contributed by atoms with Crippen molar-refractivity contribution in [1.29, 1.82) is 0 Å². The van der Waals surface area contributed by atoms with Gasteiger partial charge in [0, 0.05) is 10.6 Å². The molecular formula is C14H16ClFO2. The van der Waals surface area contributed by atoms with E-state index in [0.717, 1.165) is 19.3 Å². The number of rotatable bonds is 3. The number of halogens is 2. The topological polar surface area (TPSA) is 37.3 Å². The van der Waals surface area contributed by atoms with Crippen LogP contribution in [0.5, 0.6) is 0 Å². The molecule has 1 fully saturated rings. The molecule has 1 saturated carbocycles. The molecule has 0 unspecified atom stereocenters. The molecule has 0 amide bonds. The van der Waals surface area contributed by atoms with Crippen molar-refractivity contribution in [2.24, 2.45) is 5.41 Å². The molecule has 2 rings (SSSR count). The maximum atomic E-state index is 13.8. The molecule has 0 aromatic heterocycles. The van der Waals surface area contributed by atoms with Crippen LogP contribution in [-0.4, -0.2) is 11.1 Å². The average Bonchev–Trinajstić information content (AvgIpc) is 2.35. The van der Waals surface area contributed by atoms with Gasteiger partial charge in [-0.3, -0.25) is 4.79 Å². The fourth-order valence-corrected chi connectivity index (χ4v) is 2.96. The highest BCUT2D eigenvalue weighted by Gasteiger charge is 2.40. The molecular weight excluding hydrogens is 255 g/mol. The number of carboxylic acids is 1. The van der Waals surface area contributed by atoms with Crippen LogP contribution in [0.1, 0.15) is 37.7 Å². The molecule has 0 bridgehead atoms. The summed E-state index contributed by atoms with van der Waals surface area (Å²) in [7, 11) is 0. The van der Waals surface area contributed by atoms with E-state index in [0.29, 0.717) is 23.4 Å². The molecule has 0 radical (unpaired) electrons. The maximum absolute atomic E-state index is 13.8. The lowest BCUT2D eigenvalue weighted by atomic mass is 9.70. The van der Waals surface area contributed by atoms with Crippen molar-refractivity contribution in [2.75, 3.05) is 0 Å². The molecule has 0 spiro atoms. The number of carboxylic acid groups (broad SMARTS) is 1. The fraction of sp³-hybridized carbons (Fsp3) is 0.500. The zero-order valence-corrected chi connectivity index (χ0v) is 10.8. The lowest BCUT2D eigenvalue weighted by Crippen LogP contribution is -2.35. The highest BCUT2D eigenvalue weighted by molar-refractivity contribution is 6.31. The molecule has 0 heterocycles. The highest BCUT2D eigenvalue weighted by Crippen LogP contribution is 2.41. The molecule has 1 aliphatic carbocycles. The summed E-state index contributed by atoms with van der Waals surface area (Å²) in [5.74, 6) is -1.24. The van der Waals surface area contributed by atoms with Crippen LogP contribution in [0.25, 0.3) is 0 Å². The zero-order valence-electron chi connectivity index (χ0n) is 10.1. The third kappa shape index (κ3) is 2.51. The Balaban J connectivity index is 2.32. The highest BCUT2D eigenvalue weighted by atomic mass is 35.5. The lowest BCUT2D eigenvalue weighted by Gasteiger charge is -2.33. The quantitative estimate of drug-likeness (QED) is 0.899. The molecule has 1 aromatic carbocycles. The summed E-state index contributed by atoms with van der Waals surface area (Å²) in [4.78, 5) is 11.5. The van der Waals surface area contributed by atoms with Crippen molar-refractivity contribution in [2.45, 2.75) is 38.5 Å². The standard InChI is InChI=1S/C14H16ClFO2/c15-11-5-4-6-12(16)10(11)9-14(13(17)18)7-2-1-3-8-14/h4-6H,1-3,7-9H2,(H,17,18). The van der Waals surface area contributed by atoms with Gasteiger partial charge in [0.05, 0.1) is 5.41 Å². The second kappa shape index (κ2) is 5.27. The van der Waals surface area contributed by atoms with E-state index in [1.165, 1.54) is 12.1 Å². The lowest BCUT2D eigenvalue weighted by molar-refractivity contribution is -0.151. The number of benzene rings is 1. The van der Waals surface area contributed by atoms with E-state index < -0.39 is 17.2 Å². The second-order valence-electron chi connectivity index (χ2n) is 5.02. The van der Waals surface area contributed by atoms with Gasteiger partial charge in [0.2, 0.25) is 0 Å².